The van der Waals surface area contributed by atoms with Crippen LogP contribution in [0, 0.1) is 5.82 Å². The average molecular weight is 571 g/mol. The Morgan fingerprint density at radius 2 is 2.02 bits per heavy atom. The molecule has 5 rings (SSSR count). The second-order valence-corrected chi connectivity index (χ2v) is 11.0. The van der Waals surface area contributed by atoms with Gasteiger partial charge in [0.2, 0.25) is 0 Å². The fraction of sp³-hybridized carbons (Fsp3) is 0.286. The number of sulfonamides is 1. The molecule has 0 aliphatic carbocycles. The van der Waals surface area contributed by atoms with Crippen molar-refractivity contribution in [3.63, 3.8) is 0 Å². The number of anilines is 1. The standard InChI is InChI=1S/C28H27FN2O8S/c1-17(32)39-20-9-12-31(15-20)11-3-4-18-14-19(29)5-8-25(18)40(34,35)30-23-7-6-22-21-10-13-37-24(21)16-38-27(22)26(23)28(33)36-2/h3-8,10,13-14,20,30H,9,11-12,15-16H2,1-2H3/t20-/m0/s1. The molecular weight excluding hydrogens is 543 g/mol. The maximum absolute atomic E-state index is 14.2. The number of fused-ring (bicyclic) bond motifs is 3. The van der Waals surface area contributed by atoms with Crippen molar-refractivity contribution in [2.75, 3.05) is 31.5 Å². The molecule has 1 N–H and O–H groups in total. The van der Waals surface area contributed by atoms with E-state index in [4.69, 9.17) is 18.6 Å². The molecule has 3 heterocycles. The van der Waals surface area contributed by atoms with Gasteiger partial charge in [-0.25, -0.2) is 17.6 Å². The molecule has 1 aromatic heterocycles. The summed E-state index contributed by atoms with van der Waals surface area (Å²) in [6.45, 7) is 3.13. The van der Waals surface area contributed by atoms with Crippen LogP contribution in [0.4, 0.5) is 10.1 Å². The zero-order valence-electron chi connectivity index (χ0n) is 21.8. The molecule has 40 heavy (non-hydrogen) atoms. The van der Waals surface area contributed by atoms with Crippen molar-refractivity contribution >= 4 is 33.7 Å². The fourth-order valence-corrected chi connectivity index (χ4v) is 6.14. The second kappa shape index (κ2) is 11.1. The summed E-state index contributed by atoms with van der Waals surface area (Å²) in [7, 11) is -3.11. The Balaban J connectivity index is 1.42. The monoisotopic (exact) mass is 570 g/mol. The van der Waals surface area contributed by atoms with E-state index in [1.54, 1.807) is 18.2 Å². The SMILES string of the molecule is COC(=O)c1c(NS(=O)(=O)c2ccc(F)cc2C=CCN2CC[C@H](OC(C)=O)C2)ccc2c1OCc1occc1-2. The van der Waals surface area contributed by atoms with E-state index in [1.807, 2.05) is 4.90 Å². The topological polar surface area (TPSA) is 124 Å². The number of nitrogens with zero attached hydrogens (tertiary/aromatic N) is 1. The maximum Gasteiger partial charge on any atom is 0.343 e. The Labute approximate surface area is 230 Å². The van der Waals surface area contributed by atoms with Crippen LogP contribution in [0.5, 0.6) is 5.75 Å². The maximum atomic E-state index is 14.2. The van der Waals surface area contributed by atoms with Crippen molar-refractivity contribution in [2.24, 2.45) is 0 Å². The van der Waals surface area contributed by atoms with Gasteiger partial charge in [-0.05, 0) is 48.4 Å². The van der Waals surface area contributed by atoms with E-state index in [9.17, 15) is 22.4 Å². The zero-order valence-corrected chi connectivity index (χ0v) is 22.6. The number of likely N-dealkylation sites (tertiary alicyclic amines) is 1. The summed E-state index contributed by atoms with van der Waals surface area (Å²) in [5.41, 5.74) is 1.27. The summed E-state index contributed by atoms with van der Waals surface area (Å²) in [6, 6.07) is 8.13. The molecule has 10 nitrogen and oxygen atoms in total. The van der Waals surface area contributed by atoms with E-state index in [2.05, 4.69) is 4.72 Å². The van der Waals surface area contributed by atoms with Gasteiger partial charge in [0, 0.05) is 37.7 Å². The number of rotatable bonds is 8. The number of ether oxygens (including phenoxy) is 3. The van der Waals surface area contributed by atoms with E-state index in [-0.39, 0.29) is 46.1 Å². The van der Waals surface area contributed by atoms with Crippen LogP contribution < -0.4 is 9.46 Å². The Hall–Kier alpha value is -4.16. The predicted molar refractivity (Wildman–Crippen MR) is 143 cm³/mol. The quantitative estimate of drug-likeness (QED) is 0.397. The normalized spacial score (nSPS) is 16.7. The highest BCUT2D eigenvalue weighted by Crippen LogP contribution is 2.43. The number of benzene rings is 2. The van der Waals surface area contributed by atoms with Crippen LogP contribution in [-0.4, -0.2) is 58.1 Å². The molecule has 0 unspecified atom stereocenters. The first-order chi connectivity index (χ1) is 19.2. The van der Waals surface area contributed by atoms with E-state index in [0.717, 1.165) is 23.8 Å². The lowest BCUT2D eigenvalue weighted by Gasteiger charge is -2.22. The number of furan rings is 1. The molecule has 1 saturated heterocycles. The van der Waals surface area contributed by atoms with Crippen molar-refractivity contribution in [1.82, 2.24) is 4.90 Å². The zero-order chi connectivity index (χ0) is 28.4. The highest BCUT2D eigenvalue weighted by molar-refractivity contribution is 7.92. The molecule has 12 heteroatoms. The molecule has 0 spiro atoms. The minimum atomic E-state index is -4.29. The van der Waals surface area contributed by atoms with Gasteiger partial charge in [-0.3, -0.25) is 14.4 Å². The van der Waals surface area contributed by atoms with E-state index >= 15 is 0 Å². The molecule has 2 aliphatic heterocycles. The molecule has 0 amide bonds. The van der Waals surface area contributed by atoms with E-state index in [0.29, 0.717) is 37.4 Å². The number of nitrogens with one attached hydrogen (secondary N) is 1. The Morgan fingerprint density at radius 1 is 1.20 bits per heavy atom. The molecule has 0 saturated carbocycles. The molecule has 210 valence electrons. The number of methoxy groups -OCH3 is 1. The number of hydrogen-bond acceptors (Lipinski definition) is 9. The molecular formula is C28H27FN2O8S. The summed E-state index contributed by atoms with van der Waals surface area (Å²) < 4.78 is 65.1. The van der Waals surface area contributed by atoms with E-state index in [1.165, 1.54) is 32.4 Å². The van der Waals surface area contributed by atoms with Gasteiger partial charge < -0.3 is 18.6 Å². The van der Waals surface area contributed by atoms with Crippen molar-refractivity contribution in [3.05, 3.63) is 71.4 Å². The molecule has 0 radical (unpaired) electrons. The minimum absolute atomic E-state index is 0.0506. The van der Waals surface area contributed by atoms with Crippen molar-refractivity contribution in [2.45, 2.75) is 31.0 Å². The number of hydrogen-bond donors (Lipinski definition) is 1. The van der Waals surface area contributed by atoms with Crippen LogP contribution in [0.3, 0.4) is 0 Å². The Morgan fingerprint density at radius 3 is 2.80 bits per heavy atom. The highest BCUT2D eigenvalue weighted by atomic mass is 32.2. The lowest BCUT2D eigenvalue weighted by molar-refractivity contribution is -0.145. The van der Waals surface area contributed by atoms with Crippen LogP contribution in [-0.2, 0) is 30.9 Å². The highest BCUT2D eigenvalue weighted by Gasteiger charge is 2.30. The summed E-state index contributed by atoms with van der Waals surface area (Å²) in [6.07, 6.45) is 5.26. The lowest BCUT2D eigenvalue weighted by Crippen LogP contribution is -2.24. The van der Waals surface area contributed by atoms with Crippen LogP contribution in [0.25, 0.3) is 17.2 Å². The summed E-state index contributed by atoms with van der Waals surface area (Å²) >= 11 is 0. The number of esters is 2. The summed E-state index contributed by atoms with van der Waals surface area (Å²) in [5.74, 6) is -0.994. The first kappa shape index (κ1) is 27.4. The van der Waals surface area contributed by atoms with Gasteiger partial charge >= 0.3 is 11.9 Å². The Bertz CT molecular complexity index is 1600. The van der Waals surface area contributed by atoms with Crippen molar-refractivity contribution < 1.29 is 41.0 Å². The largest absolute Gasteiger partial charge is 0.484 e. The van der Waals surface area contributed by atoms with Crippen LogP contribution in [0.2, 0.25) is 0 Å². The van der Waals surface area contributed by atoms with Crippen LogP contribution >= 0.6 is 0 Å². The van der Waals surface area contributed by atoms with Gasteiger partial charge in [-0.15, -0.1) is 0 Å². The molecule has 1 fully saturated rings. The minimum Gasteiger partial charge on any atom is -0.484 e. The summed E-state index contributed by atoms with van der Waals surface area (Å²) in [5, 5.41) is 0. The summed E-state index contributed by atoms with van der Waals surface area (Å²) in [4.78, 5) is 25.8. The predicted octanol–water partition coefficient (Wildman–Crippen LogP) is 4.22. The van der Waals surface area contributed by atoms with Gasteiger partial charge in [0.05, 0.1) is 24.0 Å². The van der Waals surface area contributed by atoms with Gasteiger partial charge in [0.25, 0.3) is 10.0 Å². The molecule has 1 atom stereocenters. The molecule has 3 aromatic rings. The lowest BCUT2D eigenvalue weighted by atomic mass is 9.98. The first-order valence-corrected chi connectivity index (χ1v) is 14.0. The van der Waals surface area contributed by atoms with Crippen LogP contribution in [0.15, 0.2) is 58.1 Å². The number of halogens is 1. The van der Waals surface area contributed by atoms with Crippen molar-refractivity contribution in [1.29, 1.82) is 0 Å². The third-order valence-electron chi connectivity index (χ3n) is 6.66. The van der Waals surface area contributed by atoms with Gasteiger partial charge in [0.1, 0.15) is 35.6 Å². The smallest absolute Gasteiger partial charge is 0.343 e. The van der Waals surface area contributed by atoms with E-state index < -0.39 is 21.8 Å². The van der Waals surface area contributed by atoms with Gasteiger partial charge in [-0.2, -0.15) is 0 Å². The third kappa shape index (κ3) is 5.58. The second-order valence-electron chi connectivity index (χ2n) is 9.37. The molecule has 2 aromatic carbocycles. The van der Waals surface area contributed by atoms with Crippen molar-refractivity contribution in [3.8, 4) is 16.9 Å². The van der Waals surface area contributed by atoms with Gasteiger partial charge in [-0.1, -0.05) is 12.2 Å². The number of carbonyl (C=O) groups is 2. The number of carbonyl (C=O) groups excluding carboxylic acids is 2. The van der Waals surface area contributed by atoms with Crippen LogP contribution in [0.1, 0.15) is 35.0 Å². The molecule has 2 aliphatic rings. The van der Waals surface area contributed by atoms with Gasteiger partial charge in [0.15, 0.2) is 0 Å². The molecule has 0 bridgehead atoms. The fourth-order valence-electron chi connectivity index (χ4n) is 4.88. The third-order valence-corrected chi connectivity index (χ3v) is 8.10. The first-order valence-electron chi connectivity index (χ1n) is 12.5. The Kier molecular flexibility index (Phi) is 7.63. The average Bonchev–Trinajstić information content (AvgIpc) is 3.57.